The van der Waals surface area contributed by atoms with Crippen molar-refractivity contribution in [1.82, 2.24) is 4.90 Å². The van der Waals surface area contributed by atoms with Crippen LogP contribution in [0.5, 0.6) is 0 Å². The molecule has 128 valence electrons. The summed E-state index contributed by atoms with van der Waals surface area (Å²) in [6.45, 7) is 1.38. The van der Waals surface area contributed by atoms with E-state index in [9.17, 15) is 19.7 Å². The van der Waals surface area contributed by atoms with Crippen molar-refractivity contribution in [2.24, 2.45) is 0 Å². The molecule has 0 bridgehead atoms. The third-order valence-corrected chi connectivity index (χ3v) is 3.99. The molecule has 8 nitrogen and oxygen atoms in total. The fraction of sp³-hybridized carbons (Fsp3) is 0.176. The monoisotopic (exact) mass is 341 g/mol. The van der Waals surface area contributed by atoms with Crippen molar-refractivity contribution in [3.8, 4) is 0 Å². The zero-order valence-electron chi connectivity index (χ0n) is 13.1. The number of benzene rings is 2. The van der Waals surface area contributed by atoms with E-state index in [2.05, 4.69) is 5.32 Å². The first kappa shape index (κ1) is 16.4. The van der Waals surface area contributed by atoms with Crippen LogP contribution in [0.15, 0.2) is 42.5 Å². The van der Waals surface area contributed by atoms with Gasteiger partial charge in [0.25, 0.3) is 11.6 Å². The summed E-state index contributed by atoms with van der Waals surface area (Å²) >= 11 is 0. The van der Waals surface area contributed by atoms with Crippen LogP contribution in [0, 0.1) is 10.1 Å². The summed E-state index contributed by atoms with van der Waals surface area (Å²) in [6, 6.07) is 9.99. The molecule has 2 N–H and O–H groups in total. The highest BCUT2D eigenvalue weighted by Crippen LogP contribution is 2.29. The molecule has 1 aliphatic heterocycles. The maximum atomic E-state index is 12.3. The molecule has 1 fully saturated rings. The van der Waals surface area contributed by atoms with E-state index in [0.29, 0.717) is 24.3 Å². The van der Waals surface area contributed by atoms with Crippen LogP contribution in [-0.4, -0.2) is 39.9 Å². The highest BCUT2D eigenvalue weighted by atomic mass is 16.6. The average Bonchev–Trinajstić information content (AvgIpc) is 2.53. The van der Waals surface area contributed by atoms with Crippen molar-refractivity contribution in [3.05, 3.63) is 63.7 Å². The maximum absolute atomic E-state index is 12.3. The van der Waals surface area contributed by atoms with Crippen LogP contribution in [0.25, 0.3) is 0 Å². The number of hydrogen-bond acceptors (Lipinski definition) is 5. The first-order valence-electron chi connectivity index (χ1n) is 7.64. The highest BCUT2D eigenvalue weighted by molar-refractivity contribution is 5.96. The largest absolute Gasteiger partial charge is 0.478 e. The minimum Gasteiger partial charge on any atom is -0.478 e. The fourth-order valence-electron chi connectivity index (χ4n) is 2.48. The summed E-state index contributed by atoms with van der Waals surface area (Å²) < 4.78 is 0. The molecular weight excluding hydrogens is 326 g/mol. The second kappa shape index (κ2) is 6.60. The average molecular weight is 341 g/mol. The molecule has 0 spiro atoms. The van der Waals surface area contributed by atoms with E-state index in [1.54, 1.807) is 4.90 Å². The summed E-state index contributed by atoms with van der Waals surface area (Å²) in [4.78, 5) is 35.5. The van der Waals surface area contributed by atoms with Crippen molar-refractivity contribution in [2.75, 3.05) is 18.4 Å². The topological polar surface area (TPSA) is 113 Å². The first-order valence-corrected chi connectivity index (χ1v) is 7.64. The molecule has 25 heavy (non-hydrogen) atoms. The molecule has 1 heterocycles. The SMILES string of the molecule is O=C(O)c1ccc(Nc2cc(C(=O)N3CCC3)ccc2[N+](=O)[O-])cc1. The number of carbonyl (C=O) groups is 2. The number of nitrogens with one attached hydrogen (secondary N) is 1. The van der Waals surface area contributed by atoms with Gasteiger partial charge in [-0.1, -0.05) is 0 Å². The first-order chi connectivity index (χ1) is 12.0. The number of rotatable bonds is 5. The van der Waals surface area contributed by atoms with Crippen molar-refractivity contribution >= 4 is 28.9 Å². The summed E-state index contributed by atoms with van der Waals surface area (Å²) in [7, 11) is 0. The Hall–Kier alpha value is -3.42. The van der Waals surface area contributed by atoms with E-state index in [0.717, 1.165) is 6.42 Å². The zero-order valence-corrected chi connectivity index (χ0v) is 13.1. The van der Waals surface area contributed by atoms with Gasteiger partial charge in [-0.15, -0.1) is 0 Å². The van der Waals surface area contributed by atoms with Crippen LogP contribution in [0.4, 0.5) is 17.1 Å². The third kappa shape index (κ3) is 3.42. The Kier molecular flexibility index (Phi) is 4.34. The van der Waals surface area contributed by atoms with E-state index in [1.165, 1.54) is 42.5 Å². The number of hydrogen-bond donors (Lipinski definition) is 2. The van der Waals surface area contributed by atoms with Crippen molar-refractivity contribution in [3.63, 3.8) is 0 Å². The number of nitrogens with zero attached hydrogens (tertiary/aromatic N) is 2. The Labute approximate surface area is 142 Å². The minimum absolute atomic E-state index is 0.113. The van der Waals surface area contributed by atoms with E-state index in [1.807, 2.05) is 0 Å². The van der Waals surface area contributed by atoms with Gasteiger partial charge in [0.1, 0.15) is 5.69 Å². The molecule has 0 aromatic heterocycles. The van der Waals surface area contributed by atoms with Gasteiger partial charge in [0.2, 0.25) is 0 Å². The smallest absolute Gasteiger partial charge is 0.335 e. The lowest BCUT2D eigenvalue weighted by Crippen LogP contribution is -2.42. The number of anilines is 2. The molecule has 8 heteroatoms. The van der Waals surface area contributed by atoms with Gasteiger partial charge in [0.05, 0.1) is 10.5 Å². The van der Waals surface area contributed by atoms with Crippen molar-refractivity contribution in [2.45, 2.75) is 6.42 Å². The normalized spacial score (nSPS) is 13.0. The Morgan fingerprint density at radius 2 is 1.72 bits per heavy atom. The standard InChI is InChI=1S/C17H15N3O5/c21-16(19-8-1-9-19)12-4-7-15(20(24)25)14(10-12)18-13-5-2-11(3-6-13)17(22)23/h2-7,10,18H,1,8-9H2,(H,22,23). The minimum atomic E-state index is -1.06. The second-order valence-corrected chi connectivity index (χ2v) is 5.64. The molecule has 0 radical (unpaired) electrons. The highest BCUT2D eigenvalue weighted by Gasteiger charge is 2.24. The molecule has 2 aromatic carbocycles. The van der Waals surface area contributed by atoms with Crippen molar-refractivity contribution < 1.29 is 19.6 Å². The van der Waals surface area contributed by atoms with Crippen LogP contribution < -0.4 is 5.32 Å². The fourth-order valence-corrected chi connectivity index (χ4v) is 2.48. The number of carboxylic acid groups (broad SMARTS) is 1. The van der Waals surface area contributed by atoms with Gasteiger partial charge in [-0.3, -0.25) is 14.9 Å². The number of carbonyl (C=O) groups excluding carboxylic acids is 1. The molecule has 0 aliphatic carbocycles. The van der Waals surface area contributed by atoms with Crippen LogP contribution in [0.1, 0.15) is 27.1 Å². The third-order valence-electron chi connectivity index (χ3n) is 3.99. The van der Waals surface area contributed by atoms with Gasteiger partial charge in [-0.2, -0.15) is 0 Å². The second-order valence-electron chi connectivity index (χ2n) is 5.64. The lowest BCUT2D eigenvalue weighted by Gasteiger charge is -2.31. The molecule has 2 aromatic rings. The molecule has 0 saturated carbocycles. The number of aromatic carboxylic acids is 1. The Balaban J connectivity index is 1.90. The number of likely N-dealkylation sites (tertiary alicyclic amines) is 1. The van der Waals surface area contributed by atoms with E-state index in [4.69, 9.17) is 5.11 Å². The summed E-state index contributed by atoms with van der Waals surface area (Å²) in [5.74, 6) is -1.22. The van der Waals surface area contributed by atoms with Crippen LogP contribution in [-0.2, 0) is 0 Å². The lowest BCUT2D eigenvalue weighted by molar-refractivity contribution is -0.383. The van der Waals surface area contributed by atoms with E-state index < -0.39 is 10.9 Å². The maximum Gasteiger partial charge on any atom is 0.335 e. The molecule has 1 saturated heterocycles. The number of nitro groups is 1. The Bertz CT molecular complexity index is 844. The number of amides is 1. The van der Waals surface area contributed by atoms with Crippen LogP contribution in [0.3, 0.4) is 0 Å². The molecule has 3 rings (SSSR count). The van der Waals surface area contributed by atoms with Gasteiger partial charge in [0, 0.05) is 30.4 Å². The van der Waals surface area contributed by atoms with Crippen LogP contribution >= 0.6 is 0 Å². The van der Waals surface area contributed by atoms with Crippen molar-refractivity contribution in [1.29, 1.82) is 0 Å². The lowest BCUT2D eigenvalue weighted by atomic mass is 10.1. The molecular formula is C17H15N3O5. The van der Waals surface area contributed by atoms with Crippen LogP contribution in [0.2, 0.25) is 0 Å². The number of carboxylic acids is 1. The Morgan fingerprint density at radius 3 is 2.24 bits per heavy atom. The summed E-state index contributed by atoms with van der Waals surface area (Å²) in [6.07, 6.45) is 0.958. The van der Waals surface area contributed by atoms with Gasteiger partial charge in [-0.25, -0.2) is 4.79 Å². The van der Waals surface area contributed by atoms with E-state index in [-0.39, 0.29) is 22.8 Å². The number of nitro benzene ring substituents is 1. The summed E-state index contributed by atoms with van der Waals surface area (Å²) in [5.41, 5.74) is 0.986. The Morgan fingerprint density at radius 1 is 1.08 bits per heavy atom. The predicted octanol–water partition coefficient (Wildman–Crippen LogP) is 2.88. The summed E-state index contributed by atoms with van der Waals surface area (Å²) in [5, 5.41) is 23.0. The predicted molar refractivity (Wildman–Crippen MR) is 90.3 cm³/mol. The zero-order chi connectivity index (χ0) is 18.0. The molecule has 1 aliphatic rings. The molecule has 0 unspecified atom stereocenters. The van der Waals surface area contributed by atoms with Gasteiger partial charge < -0.3 is 15.3 Å². The molecule has 0 atom stereocenters. The van der Waals surface area contributed by atoms with Gasteiger partial charge >= 0.3 is 5.97 Å². The molecule has 1 amide bonds. The quantitative estimate of drug-likeness (QED) is 0.638. The van der Waals surface area contributed by atoms with Gasteiger partial charge in [-0.05, 0) is 42.8 Å². The van der Waals surface area contributed by atoms with Gasteiger partial charge in [0.15, 0.2) is 0 Å². The van der Waals surface area contributed by atoms with E-state index >= 15 is 0 Å².